The van der Waals surface area contributed by atoms with Gasteiger partial charge in [0.1, 0.15) is 0 Å². The van der Waals surface area contributed by atoms with E-state index in [1.807, 2.05) is 44.2 Å². The maximum atomic E-state index is 12.8. The average molecular weight is 365 g/mol. The second-order valence-electron chi connectivity index (χ2n) is 6.95. The molecule has 1 N–H and O–H groups in total. The summed E-state index contributed by atoms with van der Waals surface area (Å²) in [6.45, 7) is 7.67. The molecule has 2 aromatic heterocycles. The number of benzene rings is 1. The fourth-order valence-electron chi connectivity index (χ4n) is 3.34. The minimum atomic E-state index is -0.334. The molecule has 3 heterocycles. The van der Waals surface area contributed by atoms with E-state index in [1.54, 1.807) is 4.52 Å². The van der Waals surface area contributed by atoms with Crippen molar-refractivity contribution in [2.24, 2.45) is 0 Å². The largest absolute Gasteiger partial charge is 0.367 e. The molecule has 1 fully saturated rings. The Hall–Kier alpha value is -3.00. The monoisotopic (exact) mass is 365 g/mol. The van der Waals surface area contributed by atoms with E-state index in [2.05, 4.69) is 37.2 Å². The molecule has 0 atom stereocenters. The highest BCUT2D eigenvalue weighted by Crippen LogP contribution is 2.26. The quantitative estimate of drug-likeness (QED) is 0.762. The Balaban J connectivity index is 1.59. The van der Waals surface area contributed by atoms with E-state index in [-0.39, 0.29) is 11.7 Å². The van der Waals surface area contributed by atoms with Gasteiger partial charge >= 0.3 is 0 Å². The summed E-state index contributed by atoms with van der Waals surface area (Å²) in [6, 6.07) is 9.76. The molecule has 0 aliphatic carbocycles. The molecular formula is C19H23N7O. The molecule has 1 amide bonds. The van der Waals surface area contributed by atoms with Gasteiger partial charge in [-0.1, -0.05) is 12.1 Å². The number of anilines is 2. The molecular weight excluding hydrogens is 342 g/mol. The van der Waals surface area contributed by atoms with Crippen molar-refractivity contribution in [3.05, 3.63) is 47.5 Å². The van der Waals surface area contributed by atoms with Gasteiger partial charge in [0.15, 0.2) is 0 Å². The van der Waals surface area contributed by atoms with Gasteiger partial charge in [-0.05, 0) is 39.1 Å². The lowest BCUT2D eigenvalue weighted by atomic mass is 10.2. The van der Waals surface area contributed by atoms with Crippen molar-refractivity contribution in [2.75, 3.05) is 43.4 Å². The van der Waals surface area contributed by atoms with Crippen molar-refractivity contribution in [1.82, 2.24) is 24.5 Å². The Bertz CT molecular complexity index is 989. The number of hydrogen-bond donors (Lipinski definition) is 1. The highest BCUT2D eigenvalue weighted by atomic mass is 16.2. The van der Waals surface area contributed by atoms with E-state index in [0.717, 1.165) is 48.9 Å². The first-order valence-corrected chi connectivity index (χ1v) is 9.06. The van der Waals surface area contributed by atoms with Gasteiger partial charge < -0.3 is 15.1 Å². The van der Waals surface area contributed by atoms with Crippen LogP contribution in [0.3, 0.4) is 0 Å². The van der Waals surface area contributed by atoms with Crippen LogP contribution in [0.25, 0.3) is 5.78 Å². The molecule has 3 aromatic rings. The summed E-state index contributed by atoms with van der Waals surface area (Å²) in [5, 5.41) is 7.28. The number of amides is 1. The SMILES string of the molecule is Cc1cc(C)n2nc(C(=O)Nc3ccccc3N3CCN(C)CC3)nc2n1. The van der Waals surface area contributed by atoms with Gasteiger partial charge in [-0.25, -0.2) is 9.50 Å². The molecule has 8 heteroatoms. The summed E-state index contributed by atoms with van der Waals surface area (Å²) in [4.78, 5) is 26.0. The van der Waals surface area contributed by atoms with E-state index in [9.17, 15) is 4.79 Å². The summed E-state index contributed by atoms with van der Waals surface area (Å²) >= 11 is 0. The van der Waals surface area contributed by atoms with Crippen LogP contribution in [0, 0.1) is 13.8 Å². The number of hydrogen-bond acceptors (Lipinski definition) is 6. The third kappa shape index (κ3) is 3.48. The summed E-state index contributed by atoms with van der Waals surface area (Å²) in [5.74, 6) is 0.216. The highest BCUT2D eigenvalue weighted by Gasteiger charge is 2.20. The van der Waals surface area contributed by atoms with Crippen molar-refractivity contribution in [3.8, 4) is 0 Å². The van der Waals surface area contributed by atoms with Crippen molar-refractivity contribution in [2.45, 2.75) is 13.8 Å². The lowest BCUT2D eigenvalue weighted by Crippen LogP contribution is -2.44. The lowest BCUT2D eigenvalue weighted by molar-refractivity contribution is 0.101. The topological polar surface area (TPSA) is 78.7 Å². The molecule has 27 heavy (non-hydrogen) atoms. The number of rotatable bonds is 3. The summed E-state index contributed by atoms with van der Waals surface area (Å²) < 4.78 is 1.59. The van der Waals surface area contributed by atoms with Crippen LogP contribution in [0.15, 0.2) is 30.3 Å². The van der Waals surface area contributed by atoms with Gasteiger partial charge in [0.05, 0.1) is 11.4 Å². The van der Waals surface area contributed by atoms with Gasteiger partial charge in [0.25, 0.3) is 11.7 Å². The van der Waals surface area contributed by atoms with Crippen molar-refractivity contribution in [3.63, 3.8) is 0 Å². The third-order valence-corrected chi connectivity index (χ3v) is 4.82. The number of nitrogens with zero attached hydrogens (tertiary/aromatic N) is 6. The fourth-order valence-corrected chi connectivity index (χ4v) is 3.34. The van der Waals surface area contributed by atoms with Crippen LogP contribution in [-0.4, -0.2) is 63.6 Å². The number of fused-ring (bicyclic) bond motifs is 1. The Morgan fingerprint density at radius 2 is 1.81 bits per heavy atom. The van der Waals surface area contributed by atoms with Gasteiger partial charge in [-0.3, -0.25) is 4.79 Å². The van der Waals surface area contributed by atoms with Crippen molar-refractivity contribution >= 4 is 23.1 Å². The number of likely N-dealkylation sites (N-methyl/N-ethyl adjacent to an activating group) is 1. The average Bonchev–Trinajstić information content (AvgIpc) is 3.07. The Morgan fingerprint density at radius 3 is 2.59 bits per heavy atom. The molecule has 4 rings (SSSR count). The number of nitrogens with one attached hydrogen (secondary N) is 1. The normalized spacial score (nSPS) is 15.3. The van der Waals surface area contributed by atoms with Gasteiger partial charge in [-0.15, -0.1) is 5.10 Å². The van der Waals surface area contributed by atoms with Crippen LogP contribution in [0.5, 0.6) is 0 Å². The standard InChI is InChI=1S/C19H23N7O/c1-13-12-14(2)26-19(20-13)22-17(23-26)18(27)21-15-6-4-5-7-16(15)25-10-8-24(3)9-11-25/h4-7,12H,8-11H2,1-3H3,(H,21,27). The predicted octanol–water partition coefficient (Wildman–Crippen LogP) is 1.75. The first kappa shape index (κ1) is 17.4. The molecule has 0 saturated carbocycles. The van der Waals surface area contributed by atoms with Crippen LogP contribution in [0.1, 0.15) is 22.0 Å². The van der Waals surface area contributed by atoms with E-state index >= 15 is 0 Å². The highest BCUT2D eigenvalue weighted by molar-refractivity contribution is 6.03. The first-order chi connectivity index (χ1) is 13.0. The minimum absolute atomic E-state index is 0.115. The lowest BCUT2D eigenvalue weighted by Gasteiger charge is -2.35. The summed E-state index contributed by atoms with van der Waals surface area (Å²) in [6.07, 6.45) is 0. The predicted molar refractivity (Wildman–Crippen MR) is 104 cm³/mol. The zero-order valence-electron chi connectivity index (χ0n) is 15.8. The molecule has 0 spiro atoms. The van der Waals surface area contributed by atoms with E-state index in [4.69, 9.17) is 0 Å². The van der Waals surface area contributed by atoms with Crippen LogP contribution in [-0.2, 0) is 0 Å². The summed E-state index contributed by atoms with van der Waals surface area (Å²) in [5.41, 5.74) is 3.53. The van der Waals surface area contributed by atoms with E-state index in [1.165, 1.54) is 0 Å². The van der Waals surface area contributed by atoms with Crippen molar-refractivity contribution < 1.29 is 4.79 Å². The van der Waals surface area contributed by atoms with Crippen LogP contribution in [0.2, 0.25) is 0 Å². The number of piperazine rings is 1. The Labute approximate surface area is 157 Å². The van der Waals surface area contributed by atoms with Crippen LogP contribution >= 0.6 is 0 Å². The van der Waals surface area contributed by atoms with Gasteiger partial charge in [0, 0.05) is 37.6 Å². The number of aromatic nitrogens is 4. The van der Waals surface area contributed by atoms with Crippen LogP contribution < -0.4 is 10.2 Å². The van der Waals surface area contributed by atoms with E-state index in [0.29, 0.717) is 5.78 Å². The Morgan fingerprint density at radius 1 is 1.07 bits per heavy atom. The molecule has 0 radical (unpaired) electrons. The maximum absolute atomic E-state index is 12.8. The van der Waals surface area contributed by atoms with E-state index < -0.39 is 0 Å². The zero-order valence-corrected chi connectivity index (χ0v) is 15.8. The number of aryl methyl sites for hydroxylation is 2. The minimum Gasteiger partial charge on any atom is -0.367 e. The third-order valence-electron chi connectivity index (χ3n) is 4.82. The molecule has 1 aliphatic heterocycles. The molecule has 1 aromatic carbocycles. The molecule has 140 valence electrons. The number of para-hydroxylation sites is 2. The second kappa shape index (κ2) is 6.96. The van der Waals surface area contributed by atoms with Gasteiger partial charge in [0.2, 0.25) is 5.82 Å². The molecule has 0 bridgehead atoms. The number of carbonyl (C=O) groups is 1. The second-order valence-corrected chi connectivity index (χ2v) is 6.95. The smallest absolute Gasteiger partial charge is 0.295 e. The molecule has 8 nitrogen and oxygen atoms in total. The summed E-state index contributed by atoms with van der Waals surface area (Å²) in [7, 11) is 2.12. The molecule has 1 saturated heterocycles. The van der Waals surface area contributed by atoms with Crippen LogP contribution in [0.4, 0.5) is 11.4 Å². The van der Waals surface area contributed by atoms with Crippen molar-refractivity contribution in [1.29, 1.82) is 0 Å². The molecule has 1 aliphatic rings. The van der Waals surface area contributed by atoms with Gasteiger partial charge in [-0.2, -0.15) is 4.98 Å². The molecule has 0 unspecified atom stereocenters. The maximum Gasteiger partial charge on any atom is 0.295 e. The number of carbonyl (C=O) groups excluding carboxylic acids is 1. The zero-order chi connectivity index (χ0) is 19.0. The Kier molecular flexibility index (Phi) is 4.49. The fraction of sp³-hybridized carbons (Fsp3) is 0.368. The first-order valence-electron chi connectivity index (χ1n) is 9.06.